The summed E-state index contributed by atoms with van der Waals surface area (Å²) < 4.78 is 17.7. The number of carboxylic acids is 1. The Hall–Kier alpha value is -3.07. The van der Waals surface area contributed by atoms with E-state index in [4.69, 9.17) is 14.2 Å². The van der Waals surface area contributed by atoms with Gasteiger partial charge >= 0.3 is 5.97 Å². The Bertz CT molecular complexity index is 1100. The molecule has 2 aromatic rings. The highest BCUT2D eigenvalue weighted by Gasteiger charge is 2.37. The quantitative estimate of drug-likeness (QED) is 0.572. The van der Waals surface area contributed by atoms with Gasteiger partial charge in [0.2, 0.25) is 0 Å². The van der Waals surface area contributed by atoms with E-state index in [-0.39, 0.29) is 12.3 Å². The molecule has 5 heteroatoms. The highest BCUT2D eigenvalue weighted by molar-refractivity contribution is 5.69. The third-order valence-electron chi connectivity index (χ3n) is 6.27. The molecular formula is C28H30O5. The minimum atomic E-state index is -0.853. The number of hydrogen-bond acceptors (Lipinski definition) is 4. The van der Waals surface area contributed by atoms with E-state index in [1.165, 1.54) is 11.1 Å². The third kappa shape index (κ3) is 5.65. The normalized spacial score (nSPS) is 17.7. The second kappa shape index (κ2) is 10.2. The first kappa shape index (κ1) is 23.1. The molecule has 1 spiro atoms. The zero-order valence-electron chi connectivity index (χ0n) is 19.2. The lowest BCUT2D eigenvalue weighted by molar-refractivity contribution is -0.159. The fourth-order valence-electron chi connectivity index (χ4n) is 4.57. The molecule has 1 unspecified atom stereocenters. The number of aryl methyl sites for hydroxylation is 1. The van der Waals surface area contributed by atoms with Crippen molar-refractivity contribution in [3.8, 4) is 17.6 Å². The van der Waals surface area contributed by atoms with E-state index in [0.29, 0.717) is 19.8 Å². The number of benzene rings is 2. The van der Waals surface area contributed by atoms with Crippen molar-refractivity contribution in [2.75, 3.05) is 13.2 Å². The molecule has 1 heterocycles. The zero-order valence-corrected chi connectivity index (χ0v) is 19.2. The van der Waals surface area contributed by atoms with Gasteiger partial charge in [0.15, 0.2) is 5.79 Å². The van der Waals surface area contributed by atoms with Gasteiger partial charge in [-0.3, -0.25) is 4.79 Å². The molecule has 0 aromatic heterocycles. The van der Waals surface area contributed by atoms with E-state index in [1.807, 2.05) is 25.1 Å². The molecule has 0 amide bonds. The fraction of sp³-hybridized carbons (Fsp3) is 0.393. The first-order valence-electron chi connectivity index (χ1n) is 11.4. The summed E-state index contributed by atoms with van der Waals surface area (Å²) in [6.07, 6.45) is 4.84. The minimum absolute atomic E-state index is 0.0100. The molecule has 2 aliphatic rings. The Labute approximate surface area is 195 Å². The van der Waals surface area contributed by atoms with Crippen LogP contribution in [0.25, 0.3) is 5.57 Å². The largest absolute Gasteiger partial charge is 0.489 e. The van der Waals surface area contributed by atoms with Gasteiger partial charge in [-0.05, 0) is 66.3 Å². The highest BCUT2D eigenvalue weighted by Crippen LogP contribution is 2.38. The molecular weight excluding hydrogens is 416 g/mol. The van der Waals surface area contributed by atoms with Gasteiger partial charge in [0, 0.05) is 12.8 Å². The predicted octanol–water partition coefficient (Wildman–Crippen LogP) is 5.47. The molecule has 1 aliphatic carbocycles. The summed E-state index contributed by atoms with van der Waals surface area (Å²) in [6, 6.07) is 14.2. The average molecular weight is 447 g/mol. The van der Waals surface area contributed by atoms with Crippen LogP contribution in [0.3, 0.4) is 0 Å². The van der Waals surface area contributed by atoms with Crippen molar-refractivity contribution in [2.45, 2.75) is 57.8 Å². The summed E-state index contributed by atoms with van der Waals surface area (Å²) in [5.41, 5.74) is 5.55. The number of rotatable bonds is 7. The van der Waals surface area contributed by atoms with Crippen LogP contribution in [0, 0.1) is 18.8 Å². The van der Waals surface area contributed by atoms with E-state index in [0.717, 1.165) is 41.7 Å². The second-order valence-corrected chi connectivity index (χ2v) is 8.59. The van der Waals surface area contributed by atoms with Crippen LogP contribution in [0.4, 0.5) is 0 Å². The molecule has 1 fully saturated rings. The zero-order chi connectivity index (χ0) is 23.3. The van der Waals surface area contributed by atoms with E-state index in [9.17, 15) is 9.90 Å². The third-order valence-corrected chi connectivity index (χ3v) is 6.27. The Morgan fingerprint density at radius 2 is 2.03 bits per heavy atom. The number of carboxylic acid groups (broad SMARTS) is 1. The summed E-state index contributed by atoms with van der Waals surface area (Å²) in [5.74, 6) is 5.04. The SMILES string of the molecule is CC#CC(CC(=O)O)c1ccc(OCc2cccc(C3=CCC4(CC3)OCCO4)c2)cc1C. The van der Waals surface area contributed by atoms with E-state index in [2.05, 4.69) is 42.2 Å². The number of ether oxygens (including phenoxy) is 3. The van der Waals surface area contributed by atoms with Crippen molar-refractivity contribution >= 4 is 11.5 Å². The molecule has 0 saturated carbocycles. The van der Waals surface area contributed by atoms with Crippen LogP contribution >= 0.6 is 0 Å². The first-order chi connectivity index (χ1) is 16.0. The van der Waals surface area contributed by atoms with Gasteiger partial charge in [0.1, 0.15) is 12.4 Å². The molecule has 172 valence electrons. The second-order valence-electron chi connectivity index (χ2n) is 8.59. The van der Waals surface area contributed by atoms with Gasteiger partial charge in [-0.15, -0.1) is 5.92 Å². The minimum Gasteiger partial charge on any atom is -0.489 e. The Balaban J connectivity index is 1.41. The van der Waals surface area contributed by atoms with Gasteiger partial charge in [-0.1, -0.05) is 36.3 Å². The molecule has 5 nitrogen and oxygen atoms in total. The standard InChI is InChI=1S/C28H30O5/c1-3-5-24(18-27(29)30)26-9-8-25(16-20(26)2)31-19-21-6-4-7-23(17-21)22-10-12-28(13-11-22)32-14-15-33-28/h4,6-10,16-17,24H,11-15,18-19H2,1-2H3,(H,29,30). The van der Waals surface area contributed by atoms with Crippen molar-refractivity contribution < 1.29 is 24.1 Å². The van der Waals surface area contributed by atoms with Crippen LogP contribution in [0.2, 0.25) is 0 Å². The molecule has 1 N–H and O–H groups in total. The molecule has 0 bridgehead atoms. The van der Waals surface area contributed by atoms with Gasteiger partial charge in [0.05, 0.1) is 25.6 Å². The Morgan fingerprint density at radius 1 is 1.21 bits per heavy atom. The van der Waals surface area contributed by atoms with E-state index >= 15 is 0 Å². The van der Waals surface area contributed by atoms with Gasteiger partial charge in [0.25, 0.3) is 0 Å². The van der Waals surface area contributed by atoms with Crippen LogP contribution in [-0.4, -0.2) is 30.1 Å². The smallest absolute Gasteiger partial charge is 0.304 e. The lowest BCUT2D eigenvalue weighted by atomic mass is 9.89. The molecule has 1 aliphatic heterocycles. The average Bonchev–Trinajstić information content (AvgIpc) is 3.26. The van der Waals surface area contributed by atoms with E-state index in [1.54, 1.807) is 6.92 Å². The topological polar surface area (TPSA) is 65.0 Å². The van der Waals surface area contributed by atoms with Crippen molar-refractivity contribution in [3.05, 3.63) is 70.8 Å². The van der Waals surface area contributed by atoms with Gasteiger partial charge in [-0.2, -0.15) is 0 Å². The molecule has 0 radical (unpaired) electrons. The van der Waals surface area contributed by atoms with Crippen molar-refractivity contribution in [1.29, 1.82) is 0 Å². The van der Waals surface area contributed by atoms with Crippen LogP contribution < -0.4 is 4.74 Å². The number of carbonyl (C=O) groups is 1. The molecule has 2 aromatic carbocycles. The lowest BCUT2D eigenvalue weighted by Crippen LogP contribution is -2.31. The Morgan fingerprint density at radius 3 is 2.70 bits per heavy atom. The predicted molar refractivity (Wildman–Crippen MR) is 127 cm³/mol. The summed E-state index contributed by atoms with van der Waals surface area (Å²) in [4.78, 5) is 11.2. The molecule has 1 saturated heterocycles. The molecule has 33 heavy (non-hydrogen) atoms. The van der Waals surface area contributed by atoms with Crippen molar-refractivity contribution in [1.82, 2.24) is 0 Å². The maximum atomic E-state index is 11.2. The summed E-state index contributed by atoms with van der Waals surface area (Å²) >= 11 is 0. The number of aliphatic carboxylic acids is 1. The maximum absolute atomic E-state index is 11.2. The van der Waals surface area contributed by atoms with Crippen molar-refractivity contribution in [3.63, 3.8) is 0 Å². The van der Waals surface area contributed by atoms with Crippen LogP contribution in [0.15, 0.2) is 48.5 Å². The fourth-order valence-corrected chi connectivity index (χ4v) is 4.57. The molecule has 1 atom stereocenters. The van der Waals surface area contributed by atoms with Gasteiger partial charge in [-0.25, -0.2) is 0 Å². The summed E-state index contributed by atoms with van der Waals surface area (Å²) in [7, 11) is 0. The van der Waals surface area contributed by atoms with Crippen LogP contribution in [-0.2, 0) is 20.9 Å². The number of allylic oxidation sites excluding steroid dienone is 1. The lowest BCUT2D eigenvalue weighted by Gasteiger charge is -2.30. The van der Waals surface area contributed by atoms with Crippen LogP contribution in [0.5, 0.6) is 5.75 Å². The highest BCUT2D eigenvalue weighted by atomic mass is 16.7. The summed E-state index contributed by atoms with van der Waals surface area (Å²) in [5, 5.41) is 9.19. The van der Waals surface area contributed by atoms with Crippen LogP contribution in [0.1, 0.15) is 60.8 Å². The molecule has 4 rings (SSSR count). The van der Waals surface area contributed by atoms with Gasteiger partial charge < -0.3 is 19.3 Å². The Kier molecular flexibility index (Phi) is 7.17. The van der Waals surface area contributed by atoms with Crippen molar-refractivity contribution in [2.24, 2.45) is 0 Å². The first-order valence-corrected chi connectivity index (χ1v) is 11.4. The summed E-state index contributed by atoms with van der Waals surface area (Å²) in [6.45, 7) is 5.53. The monoisotopic (exact) mass is 446 g/mol. The number of hydrogen-bond donors (Lipinski definition) is 1. The maximum Gasteiger partial charge on any atom is 0.304 e. The van der Waals surface area contributed by atoms with E-state index < -0.39 is 11.8 Å².